The molecule has 4 rings (SSSR count). The number of benzene rings is 2. The lowest BCUT2D eigenvalue weighted by Gasteiger charge is -2.40. The fourth-order valence-electron chi connectivity index (χ4n) is 5.72. The standard InChI is InChI=1S/C29H28O9/c1-10(2)17-19-12(7-16(32)25(17)35)23(33)13(8-15(19)31)22-26(36)20-14(9-30)24(34)27(37)18(11(3)4)21(20)28(38)29(22,5)6/h7-11,22,32,34-35,37H,1-6H3. The van der Waals surface area contributed by atoms with Gasteiger partial charge < -0.3 is 20.4 Å². The van der Waals surface area contributed by atoms with Crippen LogP contribution in [0.15, 0.2) is 17.7 Å². The third-order valence-corrected chi connectivity index (χ3v) is 7.51. The Bertz CT molecular complexity index is 1520. The molecule has 38 heavy (non-hydrogen) atoms. The van der Waals surface area contributed by atoms with Gasteiger partial charge in [0.1, 0.15) is 0 Å². The second-order valence-electron chi connectivity index (χ2n) is 10.9. The number of Topliss-reactive ketones (excluding diaryl/α,β-unsaturated/α-hetero) is 3. The van der Waals surface area contributed by atoms with E-state index in [1.807, 2.05) is 0 Å². The highest BCUT2D eigenvalue weighted by molar-refractivity contribution is 6.30. The molecular weight excluding hydrogens is 492 g/mol. The van der Waals surface area contributed by atoms with Gasteiger partial charge in [0.15, 0.2) is 52.4 Å². The molecule has 0 aliphatic heterocycles. The van der Waals surface area contributed by atoms with E-state index in [1.54, 1.807) is 27.7 Å². The Morgan fingerprint density at radius 1 is 0.816 bits per heavy atom. The topological polar surface area (TPSA) is 166 Å². The summed E-state index contributed by atoms with van der Waals surface area (Å²) in [4.78, 5) is 67.0. The molecule has 0 aromatic heterocycles. The maximum absolute atomic E-state index is 14.1. The van der Waals surface area contributed by atoms with Gasteiger partial charge in [-0.15, -0.1) is 0 Å². The number of hydrogen-bond donors (Lipinski definition) is 4. The normalized spacial score (nSPS) is 18.5. The van der Waals surface area contributed by atoms with Crippen molar-refractivity contribution in [2.45, 2.75) is 53.4 Å². The first-order valence-corrected chi connectivity index (χ1v) is 12.1. The first-order valence-electron chi connectivity index (χ1n) is 12.1. The number of aromatic hydroxyl groups is 4. The summed E-state index contributed by atoms with van der Waals surface area (Å²) in [6, 6.07) is 0.956. The van der Waals surface area contributed by atoms with Crippen molar-refractivity contribution in [3.05, 3.63) is 56.7 Å². The summed E-state index contributed by atoms with van der Waals surface area (Å²) in [5.74, 6) is -8.13. The van der Waals surface area contributed by atoms with Crippen LogP contribution in [0.3, 0.4) is 0 Å². The lowest BCUT2D eigenvalue weighted by molar-refractivity contribution is 0.0635. The largest absolute Gasteiger partial charge is 0.504 e. The third-order valence-electron chi connectivity index (χ3n) is 7.51. The second-order valence-corrected chi connectivity index (χ2v) is 10.9. The van der Waals surface area contributed by atoms with Crippen LogP contribution in [-0.2, 0) is 0 Å². The van der Waals surface area contributed by atoms with Crippen molar-refractivity contribution in [2.24, 2.45) is 11.3 Å². The Kier molecular flexibility index (Phi) is 6.10. The minimum atomic E-state index is -1.60. The molecule has 0 spiro atoms. The second kappa shape index (κ2) is 8.65. The van der Waals surface area contributed by atoms with Crippen LogP contribution < -0.4 is 0 Å². The maximum Gasteiger partial charge on any atom is 0.190 e. The zero-order valence-corrected chi connectivity index (χ0v) is 21.8. The molecule has 9 heteroatoms. The van der Waals surface area contributed by atoms with Crippen LogP contribution in [0.25, 0.3) is 0 Å². The number of rotatable bonds is 4. The summed E-state index contributed by atoms with van der Waals surface area (Å²) in [6.45, 7) is 9.48. The SMILES string of the molecule is CC(C)c1c(O)c(O)cc2c1C(=O)C=C(C1C(=O)c3c(C=O)c(O)c(O)c(C(C)C)c3C(=O)C1(C)C)C2=O. The van der Waals surface area contributed by atoms with E-state index in [0.29, 0.717) is 0 Å². The summed E-state index contributed by atoms with van der Waals surface area (Å²) in [5, 5.41) is 41.8. The van der Waals surface area contributed by atoms with Crippen LogP contribution in [0.4, 0.5) is 0 Å². The molecule has 0 heterocycles. The molecule has 9 nitrogen and oxygen atoms in total. The number of phenolic OH excluding ortho intramolecular Hbond substituents is 4. The molecule has 198 valence electrons. The van der Waals surface area contributed by atoms with Crippen molar-refractivity contribution in [3.8, 4) is 23.0 Å². The van der Waals surface area contributed by atoms with Gasteiger partial charge in [-0.1, -0.05) is 41.5 Å². The maximum atomic E-state index is 14.1. The van der Waals surface area contributed by atoms with E-state index in [4.69, 9.17) is 0 Å². The summed E-state index contributed by atoms with van der Waals surface area (Å²) in [6.07, 6.45) is 1.12. The molecular formula is C29H28O9. The van der Waals surface area contributed by atoms with Gasteiger partial charge in [-0.3, -0.25) is 24.0 Å². The van der Waals surface area contributed by atoms with E-state index in [-0.39, 0.29) is 39.7 Å². The van der Waals surface area contributed by atoms with E-state index < -0.39 is 80.4 Å². The van der Waals surface area contributed by atoms with Gasteiger partial charge >= 0.3 is 0 Å². The van der Waals surface area contributed by atoms with E-state index >= 15 is 0 Å². The molecule has 2 aliphatic carbocycles. The highest BCUT2D eigenvalue weighted by atomic mass is 16.3. The van der Waals surface area contributed by atoms with E-state index in [1.165, 1.54) is 13.8 Å². The van der Waals surface area contributed by atoms with Crippen LogP contribution in [0.5, 0.6) is 23.0 Å². The van der Waals surface area contributed by atoms with Gasteiger partial charge in [0, 0.05) is 44.4 Å². The molecule has 2 aliphatic rings. The Balaban J connectivity index is 2.03. The Morgan fingerprint density at radius 3 is 1.89 bits per heavy atom. The quantitative estimate of drug-likeness (QED) is 0.333. The third kappa shape index (κ3) is 3.41. The fourth-order valence-corrected chi connectivity index (χ4v) is 5.72. The molecule has 0 amide bonds. The number of carbonyl (C=O) groups is 5. The van der Waals surface area contributed by atoms with E-state index in [9.17, 15) is 44.4 Å². The number of hydrogen-bond acceptors (Lipinski definition) is 9. The Hall–Kier alpha value is -4.27. The molecule has 4 N–H and O–H groups in total. The molecule has 2 aromatic carbocycles. The summed E-state index contributed by atoms with van der Waals surface area (Å²) in [7, 11) is 0. The number of allylic oxidation sites excluding steroid dienone is 2. The predicted molar refractivity (Wildman–Crippen MR) is 136 cm³/mol. The van der Waals surface area contributed by atoms with Gasteiger partial charge in [0.05, 0.1) is 11.5 Å². The number of ketones is 4. The van der Waals surface area contributed by atoms with Crippen LogP contribution in [-0.4, -0.2) is 49.8 Å². The first kappa shape index (κ1) is 26.8. The monoisotopic (exact) mass is 520 g/mol. The minimum Gasteiger partial charge on any atom is -0.504 e. The lowest BCUT2D eigenvalue weighted by atomic mass is 9.59. The van der Waals surface area contributed by atoms with Crippen molar-refractivity contribution in [1.82, 2.24) is 0 Å². The van der Waals surface area contributed by atoms with Crippen LogP contribution >= 0.6 is 0 Å². The van der Waals surface area contributed by atoms with Gasteiger partial charge in [-0.2, -0.15) is 0 Å². The van der Waals surface area contributed by atoms with Gasteiger partial charge in [-0.05, 0) is 24.0 Å². The number of phenols is 4. The summed E-state index contributed by atoms with van der Waals surface area (Å²) >= 11 is 0. The van der Waals surface area contributed by atoms with Crippen LogP contribution in [0.1, 0.15) is 116 Å². The lowest BCUT2D eigenvalue weighted by Crippen LogP contribution is -2.47. The van der Waals surface area contributed by atoms with Crippen molar-refractivity contribution in [1.29, 1.82) is 0 Å². The first-order chi connectivity index (χ1) is 17.6. The van der Waals surface area contributed by atoms with Crippen molar-refractivity contribution < 1.29 is 44.4 Å². The molecule has 0 fully saturated rings. The highest BCUT2D eigenvalue weighted by Gasteiger charge is 2.54. The van der Waals surface area contributed by atoms with Gasteiger partial charge in [0.2, 0.25) is 0 Å². The van der Waals surface area contributed by atoms with Crippen LogP contribution in [0.2, 0.25) is 0 Å². The van der Waals surface area contributed by atoms with Crippen molar-refractivity contribution >= 4 is 29.4 Å². The Labute approximate surface area is 218 Å². The van der Waals surface area contributed by atoms with Crippen molar-refractivity contribution in [2.75, 3.05) is 0 Å². The van der Waals surface area contributed by atoms with E-state index in [0.717, 1.165) is 12.1 Å². The van der Waals surface area contributed by atoms with Gasteiger partial charge in [0.25, 0.3) is 0 Å². The number of aldehydes is 1. The molecule has 1 atom stereocenters. The minimum absolute atomic E-state index is 0.000296. The predicted octanol–water partition coefficient (Wildman–Crippen LogP) is 4.60. The molecule has 2 aromatic rings. The summed E-state index contributed by atoms with van der Waals surface area (Å²) in [5.41, 5.74) is -3.37. The smallest absolute Gasteiger partial charge is 0.190 e. The molecule has 1 unspecified atom stereocenters. The average Bonchev–Trinajstić information content (AvgIpc) is 2.82. The molecule has 0 bridgehead atoms. The van der Waals surface area contributed by atoms with Crippen molar-refractivity contribution in [3.63, 3.8) is 0 Å². The fraction of sp³-hybridized carbons (Fsp3) is 0.345. The molecule has 0 radical (unpaired) electrons. The summed E-state index contributed by atoms with van der Waals surface area (Å²) < 4.78 is 0. The Morgan fingerprint density at radius 2 is 1.37 bits per heavy atom. The molecule has 0 saturated heterocycles. The van der Waals surface area contributed by atoms with Crippen LogP contribution in [0, 0.1) is 11.3 Å². The average molecular weight is 521 g/mol. The number of fused-ring (bicyclic) bond motifs is 2. The van der Waals surface area contributed by atoms with Gasteiger partial charge in [-0.25, -0.2) is 0 Å². The number of carbonyl (C=O) groups excluding carboxylic acids is 5. The zero-order valence-electron chi connectivity index (χ0n) is 21.8. The molecule has 0 saturated carbocycles. The van der Waals surface area contributed by atoms with E-state index in [2.05, 4.69) is 0 Å². The zero-order chi connectivity index (χ0) is 28.6. The highest BCUT2D eigenvalue weighted by Crippen LogP contribution is 2.52.